The molecule has 1 saturated carbocycles. The van der Waals surface area contributed by atoms with Crippen LogP contribution < -0.4 is 0 Å². The highest BCUT2D eigenvalue weighted by Gasteiger charge is 2.48. The minimum absolute atomic E-state index is 0.261. The molecular formula is C10H17F2NO2. The molecule has 0 aliphatic heterocycles. The lowest BCUT2D eigenvalue weighted by Crippen LogP contribution is -2.52. The minimum atomic E-state index is -2.61. The van der Waals surface area contributed by atoms with Crippen molar-refractivity contribution in [2.24, 2.45) is 0 Å². The Kier molecular flexibility index (Phi) is 2.94. The first kappa shape index (κ1) is 12.2. The molecule has 0 unspecified atom stereocenters. The third-order valence-electron chi connectivity index (χ3n) is 2.30. The number of carbonyl (C=O) groups is 1. The van der Waals surface area contributed by atoms with Crippen LogP contribution in [0, 0.1) is 0 Å². The summed E-state index contributed by atoms with van der Waals surface area (Å²) in [6.07, 6.45) is -1.06. The van der Waals surface area contributed by atoms with Crippen LogP contribution in [0.15, 0.2) is 0 Å². The minimum Gasteiger partial charge on any atom is -0.444 e. The lowest BCUT2D eigenvalue weighted by Gasteiger charge is -2.40. The summed E-state index contributed by atoms with van der Waals surface area (Å²) in [6.45, 7) is 5.23. The monoisotopic (exact) mass is 221 g/mol. The molecule has 0 aromatic carbocycles. The van der Waals surface area contributed by atoms with Crippen molar-refractivity contribution >= 4 is 6.09 Å². The summed E-state index contributed by atoms with van der Waals surface area (Å²) in [5, 5.41) is 0. The van der Waals surface area contributed by atoms with E-state index in [1.807, 2.05) is 0 Å². The van der Waals surface area contributed by atoms with Gasteiger partial charge in [-0.15, -0.1) is 0 Å². The van der Waals surface area contributed by atoms with Crippen molar-refractivity contribution in [3.05, 3.63) is 0 Å². The maximum atomic E-state index is 12.6. The fraction of sp³-hybridized carbons (Fsp3) is 0.900. The molecule has 88 valence electrons. The summed E-state index contributed by atoms with van der Waals surface area (Å²) in [6, 6.07) is -0.394. The third-order valence-corrected chi connectivity index (χ3v) is 2.30. The number of rotatable bonds is 1. The van der Waals surface area contributed by atoms with Gasteiger partial charge in [0, 0.05) is 25.9 Å². The van der Waals surface area contributed by atoms with Crippen LogP contribution in [0.5, 0.6) is 0 Å². The van der Waals surface area contributed by atoms with Gasteiger partial charge in [-0.05, 0) is 20.8 Å². The fourth-order valence-electron chi connectivity index (χ4n) is 1.39. The Morgan fingerprint density at radius 2 is 1.87 bits per heavy atom. The van der Waals surface area contributed by atoms with Crippen molar-refractivity contribution in [1.29, 1.82) is 0 Å². The van der Waals surface area contributed by atoms with Gasteiger partial charge >= 0.3 is 6.09 Å². The van der Waals surface area contributed by atoms with Crippen molar-refractivity contribution in [1.82, 2.24) is 4.90 Å². The Labute approximate surface area is 88.4 Å². The van der Waals surface area contributed by atoms with E-state index in [0.29, 0.717) is 0 Å². The zero-order valence-corrected chi connectivity index (χ0v) is 9.51. The topological polar surface area (TPSA) is 29.5 Å². The van der Waals surface area contributed by atoms with Gasteiger partial charge in [-0.25, -0.2) is 13.6 Å². The van der Waals surface area contributed by atoms with Gasteiger partial charge in [0.15, 0.2) is 0 Å². The SMILES string of the molecule is CN(C(=O)OC(C)(C)C)C1CC(F)(F)C1. The first-order valence-corrected chi connectivity index (χ1v) is 4.94. The predicted molar refractivity (Wildman–Crippen MR) is 52.0 cm³/mol. The molecule has 0 N–H and O–H groups in total. The molecule has 0 bridgehead atoms. The lowest BCUT2D eigenvalue weighted by atomic mass is 9.87. The van der Waals surface area contributed by atoms with E-state index in [1.54, 1.807) is 20.8 Å². The summed E-state index contributed by atoms with van der Waals surface area (Å²) >= 11 is 0. The van der Waals surface area contributed by atoms with Crippen molar-refractivity contribution < 1.29 is 18.3 Å². The summed E-state index contributed by atoms with van der Waals surface area (Å²) in [5.41, 5.74) is -0.586. The Hall–Kier alpha value is -0.870. The van der Waals surface area contributed by atoms with Gasteiger partial charge in [0.1, 0.15) is 5.60 Å². The van der Waals surface area contributed by atoms with E-state index in [0.717, 1.165) is 0 Å². The van der Waals surface area contributed by atoms with Crippen LogP contribution >= 0.6 is 0 Å². The maximum Gasteiger partial charge on any atom is 0.410 e. The zero-order chi connectivity index (χ0) is 11.9. The average molecular weight is 221 g/mol. The molecule has 0 spiro atoms. The molecule has 0 atom stereocenters. The normalized spacial score (nSPS) is 20.7. The van der Waals surface area contributed by atoms with E-state index in [-0.39, 0.29) is 12.8 Å². The number of ether oxygens (including phenoxy) is 1. The summed E-state index contributed by atoms with van der Waals surface area (Å²) in [4.78, 5) is 12.7. The third kappa shape index (κ3) is 3.32. The molecule has 15 heavy (non-hydrogen) atoms. The molecule has 5 heteroatoms. The molecule has 0 heterocycles. The van der Waals surface area contributed by atoms with Crippen LogP contribution in [0.4, 0.5) is 13.6 Å². The van der Waals surface area contributed by atoms with Crippen LogP contribution in [-0.4, -0.2) is 35.6 Å². The second kappa shape index (κ2) is 3.61. The number of nitrogens with zero attached hydrogens (tertiary/aromatic N) is 1. The van der Waals surface area contributed by atoms with E-state index in [9.17, 15) is 13.6 Å². The van der Waals surface area contributed by atoms with E-state index in [4.69, 9.17) is 4.74 Å². The highest BCUT2D eigenvalue weighted by molar-refractivity contribution is 5.68. The highest BCUT2D eigenvalue weighted by Crippen LogP contribution is 2.40. The Bertz CT molecular complexity index is 253. The molecule has 1 aliphatic carbocycles. The molecule has 1 fully saturated rings. The molecule has 1 rings (SSSR count). The van der Waals surface area contributed by atoms with Gasteiger partial charge < -0.3 is 9.64 Å². The first-order valence-electron chi connectivity index (χ1n) is 4.94. The van der Waals surface area contributed by atoms with Crippen molar-refractivity contribution in [2.75, 3.05) is 7.05 Å². The van der Waals surface area contributed by atoms with Crippen LogP contribution in [0.1, 0.15) is 33.6 Å². The Morgan fingerprint density at radius 1 is 1.40 bits per heavy atom. The van der Waals surface area contributed by atoms with Gasteiger partial charge in [-0.1, -0.05) is 0 Å². The number of halogens is 2. The van der Waals surface area contributed by atoms with Crippen LogP contribution in [0.2, 0.25) is 0 Å². The summed E-state index contributed by atoms with van der Waals surface area (Å²) in [5.74, 6) is -2.61. The van der Waals surface area contributed by atoms with E-state index >= 15 is 0 Å². The zero-order valence-electron chi connectivity index (χ0n) is 9.51. The largest absolute Gasteiger partial charge is 0.444 e. The summed E-state index contributed by atoms with van der Waals surface area (Å²) < 4.78 is 30.2. The molecular weight excluding hydrogens is 204 g/mol. The van der Waals surface area contributed by atoms with Crippen molar-refractivity contribution in [3.63, 3.8) is 0 Å². The molecule has 3 nitrogen and oxygen atoms in total. The van der Waals surface area contributed by atoms with E-state index in [1.165, 1.54) is 11.9 Å². The van der Waals surface area contributed by atoms with Crippen LogP contribution in [0.25, 0.3) is 0 Å². The predicted octanol–water partition coefficient (Wildman–Crippen LogP) is 2.65. The van der Waals surface area contributed by atoms with Gasteiger partial charge in [-0.2, -0.15) is 0 Å². The van der Waals surface area contributed by atoms with Crippen LogP contribution in [0.3, 0.4) is 0 Å². The maximum absolute atomic E-state index is 12.6. The van der Waals surface area contributed by atoms with Crippen molar-refractivity contribution in [3.8, 4) is 0 Å². The van der Waals surface area contributed by atoms with Crippen LogP contribution in [-0.2, 0) is 4.74 Å². The molecule has 0 aromatic heterocycles. The first-order chi connectivity index (χ1) is 6.61. The van der Waals surface area contributed by atoms with Gasteiger partial charge in [0.2, 0.25) is 0 Å². The number of hydrogen-bond donors (Lipinski definition) is 0. The van der Waals surface area contributed by atoms with Crippen molar-refractivity contribution in [2.45, 2.75) is 51.2 Å². The molecule has 0 radical (unpaired) electrons. The molecule has 0 saturated heterocycles. The average Bonchev–Trinajstić information content (AvgIpc) is 1.95. The second-order valence-corrected chi connectivity index (χ2v) is 5.01. The highest BCUT2D eigenvalue weighted by atomic mass is 19.3. The number of alkyl halides is 2. The number of amides is 1. The number of hydrogen-bond acceptors (Lipinski definition) is 2. The van der Waals surface area contributed by atoms with Gasteiger partial charge in [0.05, 0.1) is 0 Å². The molecule has 1 amide bonds. The quantitative estimate of drug-likeness (QED) is 0.681. The second-order valence-electron chi connectivity index (χ2n) is 5.01. The van der Waals surface area contributed by atoms with E-state index < -0.39 is 23.7 Å². The smallest absolute Gasteiger partial charge is 0.410 e. The Morgan fingerprint density at radius 3 is 2.20 bits per heavy atom. The summed E-state index contributed by atoms with van der Waals surface area (Å²) in [7, 11) is 1.49. The lowest BCUT2D eigenvalue weighted by molar-refractivity contribution is -0.118. The number of carbonyl (C=O) groups excluding carboxylic acids is 1. The standard InChI is InChI=1S/C10H17F2NO2/c1-9(2,3)15-8(14)13(4)7-5-10(11,12)6-7/h7H,5-6H2,1-4H3. The molecule has 1 aliphatic rings. The molecule has 0 aromatic rings. The van der Waals surface area contributed by atoms with Gasteiger partial charge in [-0.3, -0.25) is 0 Å². The fourth-order valence-corrected chi connectivity index (χ4v) is 1.39. The Balaban J connectivity index is 2.42. The van der Waals surface area contributed by atoms with E-state index in [2.05, 4.69) is 0 Å². The van der Waals surface area contributed by atoms with Gasteiger partial charge in [0.25, 0.3) is 5.92 Å².